The summed E-state index contributed by atoms with van der Waals surface area (Å²) in [5.74, 6) is -0.386. The Labute approximate surface area is 105 Å². The highest BCUT2D eigenvalue weighted by Gasteiger charge is 2.34. The molecule has 0 saturated carbocycles. The Morgan fingerprint density at radius 2 is 2.17 bits per heavy atom. The Morgan fingerprint density at radius 3 is 2.67 bits per heavy atom. The zero-order valence-electron chi connectivity index (χ0n) is 10.0. The SMILES string of the molecule is CN(C(=O)C1=NNC(=O)CC1)C1CCS(=O)(=O)C1. The molecule has 0 spiro atoms. The van der Waals surface area contributed by atoms with E-state index in [-0.39, 0.29) is 41.5 Å². The number of carbonyl (C=O) groups is 2. The van der Waals surface area contributed by atoms with Gasteiger partial charge in [-0.05, 0) is 6.42 Å². The average molecular weight is 273 g/mol. The molecular weight excluding hydrogens is 258 g/mol. The molecule has 2 rings (SSSR count). The maximum absolute atomic E-state index is 12.1. The first-order valence-corrected chi connectivity index (χ1v) is 7.54. The average Bonchev–Trinajstić information content (AvgIpc) is 2.69. The van der Waals surface area contributed by atoms with Crippen molar-refractivity contribution in [2.45, 2.75) is 25.3 Å². The lowest BCUT2D eigenvalue weighted by Gasteiger charge is -2.24. The van der Waals surface area contributed by atoms with Crippen molar-refractivity contribution in [3.05, 3.63) is 0 Å². The molecule has 1 saturated heterocycles. The fourth-order valence-electron chi connectivity index (χ4n) is 2.08. The van der Waals surface area contributed by atoms with E-state index in [1.54, 1.807) is 7.05 Å². The summed E-state index contributed by atoms with van der Waals surface area (Å²) in [6.07, 6.45) is 1.00. The predicted octanol–water partition coefficient (Wildman–Crippen LogP) is -1.10. The number of nitrogens with zero attached hydrogens (tertiary/aromatic N) is 2. The molecule has 0 aromatic heterocycles. The standard InChI is InChI=1S/C10H15N3O4S/c1-13(7-4-5-18(16,17)6-7)10(15)8-2-3-9(14)12-11-8/h7H,2-6H2,1H3,(H,12,14). The number of amides is 2. The monoisotopic (exact) mass is 273 g/mol. The maximum atomic E-state index is 12.1. The molecule has 1 unspecified atom stereocenters. The van der Waals surface area contributed by atoms with Crippen LogP contribution >= 0.6 is 0 Å². The Balaban J connectivity index is 2.04. The molecule has 0 aliphatic carbocycles. The van der Waals surface area contributed by atoms with Crippen LogP contribution < -0.4 is 5.43 Å². The number of sulfone groups is 1. The van der Waals surface area contributed by atoms with Gasteiger partial charge in [0, 0.05) is 25.9 Å². The van der Waals surface area contributed by atoms with Crippen LogP contribution in [0.25, 0.3) is 0 Å². The summed E-state index contributed by atoms with van der Waals surface area (Å²) in [6.45, 7) is 0. The van der Waals surface area contributed by atoms with Gasteiger partial charge in [0.15, 0.2) is 9.84 Å². The summed E-state index contributed by atoms with van der Waals surface area (Å²) in [5.41, 5.74) is 2.54. The van der Waals surface area contributed by atoms with Gasteiger partial charge in [-0.3, -0.25) is 9.59 Å². The van der Waals surface area contributed by atoms with Crippen molar-refractivity contribution >= 4 is 27.4 Å². The third-order valence-electron chi connectivity index (χ3n) is 3.23. The minimum Gasteiger partial charge on any atom is -0.337 e. The third-order valence-corrected chi connectivity index (χ3v) is 4.98. The Hall–Kier alpha value is -1.44. The zero-order valence-corrected chi connectivity index (χ0v) is 10.9. The van der Waals surface area contributed by atoms with Gasteiger partial charge in [-0.15, -0.1) is 0 Å². The molecule has 0 aromatic rings. The highest BCUT2D eigenvalue weighted by atomic mass is 32.2. The topological polar surface area (TPSA) is 95.9 Å². The fourth-order valence-corrected chi connectivity index (χ4v) is 3.85. The summed E-state index contributed by atoms with van der Waals surface area (Å²) < 4.78 is 22.7. The molecule has 0 aromatic carbocycles. The van der Waals surface area contributed by atoms with Crippen molar-refractivity contribution in [1.82, 2.24) is 10.3 Å². The second-order valence-electron chi connectivity index (χ2n) is 4.57. The molecule has 1 fully saturated rings. The van der Waals surface area contributed by atoms with Gasteiger partial charge in [-0.2, -0.15) is 5.10 Å². The summed E-state index contributed by atoms with van der Waals surface area (Å²) in [7, 11) is -1.44. The van der Waals surface area contributed by atoms with Crippen LogP contribution in [-0.4, -0.2) is 55.4 Å². The van der Waals surface area contributed by atoms with Crippen LogP contribution in [0.2, 0.25) is 0 Å². The van der Waals surface area contributed by atoms with Crippen LogP contribution in [-0.2, 0) is 19.4 Å². The predicted molar refractivity (Wildman–Crippen MR) is 64.6 cm³/mol. The summed E-state index contributed by atoms with van der Waals surface area (Å²) in [6, 6.07) is -0.289. The Morgan fingerprint density at radius 1 is 1.44 bits per heavy atom. The van der Waals surface area contributed by atoms with E-state index in [4.69, 9.17) is 0 Å². The van der Waals surface area contributed by atoms with E-state index in [1.165, 1.54) is 4.90 Å². The molecule has 2 aliphatic rings. The lowest BCUT2D eigenvalue weighted by Crippen LogP contribution is -2.43. The van der Waals surface area contributed by atoms with Gasteiger partial charge in [-0.25, -0.2) is 13.8 Å². The number of nitrogens with one attached hydrogen (secondary N) is 1. The molecule has 0 radical (unpaired) electrons. The van der Waals surface area contributed by atoms with Crippen LogP contribution in [0.1, 0.15) is 19.3 Å². The summed E-state index contributed by atoms with van der Waals surface area (Å²) in [5, 5.41) is 3.72. The van der Waals surface area contributed by atoms with Crippen molar-refractivity contribution in [1.29, 1.82) is 0 Å². The molecule has 100 valence electrons. The van der Waals surface area contributed by atoms with Crippen molar-refractivity contribution < 1.29 is 18.0 Å². The van der Waals surface area contributed by atoms with Crippen LogP contribution in [0.5, 0.6) is 0 Å². The molecule has 2 heterocycles. The van der Waals surface area contributed by atoms with Gasteiger partial charge in [0.1, 0.15) is 5.71 Å². The first-order chi connectivity index (χ1) is 8.39. The highest BCUT2D eigenvalue weighted by molar-refractivity contribution is 7.91. The molecule has 7 nitrogen and oxygen atoms in total. The molecule has 2 amide bonds. The number of hydrazone groups is 1. The van der Waals surface area contributed by atoms with E-state index in [2.05, 4.69) is 10.5 Å². The van der Waals surface area contributed by atoms with Crippen LogP contribution in [0.3, 0.4) is 0 Å². The third kappa shape index (κ3) is 2.69. The van der Waals surface area contributed by atoms with Gasteiger partial charge < -0.3 is 4.90 Å². The largest absolute Gasteiger partial charge is 0.337 e. The summed E-state index contributed by atoms with van der Waals surface area (Å²) in [4.78, 5) is 24.4. The molecule has 1 atom stereocenters. The van der Waals surface area contributed by atoms with E-state index in [1.807, 2.05) is 0 Å². The fraction of sp³-hybridized carbons (Fsp3) is 0.700. The maximum Gasteiger partial charge on any atom is 0.270 e. The Bertz CT molecular complexity index is 511. The Kier molecular flexibility index (Phi) is 3.38. The van der Waals surface area contributed by atoms with Gasteiger partial charge in [-0.1, -0.05) is 0 Å². The van der Waals surface area contributed by atoms with E-state index in [0.717, 1.165) is 0 Å². The lowest BCUT2D eigenvalue weighted by molar-refractivity contribution is -0.124. The molecule has 0 bridgehead atoms. The van der Waals surface area contributed by atoms with E-state index in [9.17, 15) is 18.0 Å². The quantitative estimate of drug-likeness (QED) is 0.690. The van der Waals surface area contributed by atoms with Gasteiger partial charge in [0.05, 0.1) is 11.5 Å². The number of carbonyl (C=O) groups excluding carboxylic acids is 2. The molecule has 8 heteroatoms. The molecule has 1 N–H and O–H groups in total. The van der Waals surface area contributed by atoms with E-state index < -0.39 is 9.84 Å². The lowest BCUT2D eigenvalue weighted by atomic mass is 10.1. The molecule has 2 aliphatic heterocycles. The minimum atomic E-state index is -3.02. The van der Waals surface area contributed by atoms with E-state index in [0.29, 0.717) is 12.8 Å². The van der Waals surface area contributed by atoms with Gasteiger partial charge >= 0.3 is 0 Å². The van der Waals surface area contributed by atoms with Crippen molar-refractivity contribution in [2.75, 3.05) is 18.6 Å². The minimum absolute atomic E-state index is 0.00881. The smallest absolute Gasteiger partial charge is 0.270 e. The van der Waals surface area contributed by atoms with Crippen molar-refractivity contribution in [3.63, 3.8) is 0 Å². The summed E-state index contributed by atoms with van der Waals surface area (Å²) >= 11 is 0. The zero-order chi connectivity index (χ0) is 13.3. The number of hydrogen-bond acceptors (Lipinski definition) is 5. The highest BCUT2D eigenvalue weighted by Crippen LogP contribution is 2.17. The first kappa shape index (κ1) is 13.0. The second-order valence-corrected chi connectivity index (χ2v) is 6.80. The molecule has 18 heavy (non-hydrogen) atoms. The number of rotatable bonds is 2. The normalized spacial score (nSPS) is 26.4. The van der Waals surface area contributed by atoms with Crippen LogP contribution in [0.15, 0.2) is 5.10 Å². The van der Waals surface area contributed by atoms with Gasteiger partial charge in [0.2, 0.25) is 5.91 Å². The molecular formula is C10H15N3O4S. The second kappa shape index (κ2) is 4.68. The van der Waals surface area contributed by atoms with E-state index >= 15 is 0 Å². The van der Waals surface area contributed by atoms with Crippen LogP contribution in [0.4, 0.5) is 0 Å². The first-order valence-electron chi connectivity index (χ1n) is 5.72. The van der Waals surface area contributed by atoms with Crippen LogP contribution in [0, 0.1) is 0 Å². The van der Waals surface area contributed by atoms with Crippen molar-refractivity contribution in [2.24, 2.45) is 5.10 Å². The van der Waals surface area contributed by atoms with Crippen molar-refractivity contribution in [3.8, 4) is 0 Å². The number of hydrogen-bond donors (Lipinski definition) is 1. The van der Waals surface area contributed by atoms with Gasteiger partial charge in [0.25, 0.3) is 5.91 Å².